The Balaban J connectivity index is 2.45. The van der Waals surface area contributed by atoms with Gasteiger partial charge in [0.05, 0.1) is 5.69 Å². The number of amides is 1. The molecule has 0 unspecified atom stereocenters. The zero-order valence-corrected chi connectivity index (χ0v) is 8.80. The van der Waals surface area contributed by atoms with Gasteiger partial charge in [-0.05, 0) is 18.6 Å². The van der Waals surface area contributed by atoms with E-state index in [4.69, 9.17) is 10.9 Å². The van der Waals surface area contributed by atoms with Crippen molar-refractivity contribution in [2.75, 3.05) is 5.01 Å². The number of carboxylic acids is 1. The van der Waals surface area contributed by atoms with E-state index < -0.39 is 5.97 Å². The number of carboxylic acid groups (broad SMARTS) is 1. The van der Waals surface area contributed by atoms with E-state index in [-0.39, 0.29) is 18.7 Å². The zero-order valence-electron chi connectivity index (χ0n) is 8.80. The molecule has 0 saturated carbocycles. The molecule has 16 heavy (non-hydrogen) atoms. The third-order valence-corrected chi connectivity index (χ3v) is 2.08. The molecule has 1 aromatic rings. The van der Waals surface area contributed by atoms with Crippen LogP contribution in [0.5, 0.6) is 0 Å². The fourth-order valence-electron chi connectivity index (χ4n) is 1.24. The molecule has 86 valence electrons. The molecular weight excluding hydrogens is 208 g/mol. The summed E-state index contributed by atoms with van der Waals surface area (Å²) in [5.74, 6) is 4.40. The molecule has 0 aliphatic carbocycles. The molecule has 0 aromatic heterocycles. The molecule has 5 heteroatoms. The van der Waals surface area contributed by atoms with Crippen LogP contribution in [0.1, 0.15) is 19.3 Å². The second-order valence-electron chi connectivity index (χ2n) is 3.35. The number of hydrogen-bond acceptors (Lipinski definition) is 3. The van der Waals surface area contributed by atoms with Gasteiger partial charge in [0.1, 0.15) is 0 Å². The minimum atomic E-state index is -0.906. The Morgan fingerprint density at radius 2 is 1.81 bits per heavy atom. The topological polar surface area (TPSA) is 83.6 Å². The minimum Gasteiger partial charge on any atom is -0.481 e. The summed E-state index contributed by atoms with van der Waals surface area (Å²) in [4.78, 5) is 21.8. The largest absolute Gasteiger partial charge is 0.481 e. The molecule has 0 fully saturated rings. The summed E-state index contributed by atoms with van der Waals surface area (Å²) in [6, 6.07) is 8.82. The number of benzene rings is 1. The van der Waals surface area contributed by atoms with Crippen LogP contribution in [0, 0.1) is 0 Å². The first kappa shape index (κ1) is 12.2. The van der Waals surface area contributed by atoms with E-state index >= 15 is 0 Å². The van der Waals surface area contributed by atoms with Crippen LogP contribution >= 0.6 is 0 Å². The molecule has 0 spiro atoms. The molecule has 5 nitrogen and oxygen atoms in total. The Bertz CT molecular complexity index is 365. The molecule has 0 saturated heterocycles. The van der Waals surface area contributed by atoms with E-state index in [1.807, 2.05) is 6.07 Å². The zero-order chi connectivity index (χ0) is 12.0. The Morgan fingerprint density at radius 1 is 1.19 bits per heavy atom. The van der Waals surface area contributed by atoms with Crippen molar-refractivity contribution >= 4 is 17.6 Å². The van der Waals surface area contributed by atoms with Gasteiger partial charge in [0.15, 0.2) is 0 Å². The van der Waals surface area contributed by atoms with Gasteiger partial charge in [-0.1, -0.05) is 18.2 Å². The summed E-state index contributed by atoms with van der Waals surface area (Å²) < 4.78 is 0. The standard InChI is InChI=1S/C11H14N2O3/c12-13(9-5-2-1-3-6-9)10(14)7-4-8-11(15)16/h1-3,5-6H,4,7-8,12H2,(H,15,16). The highest BCUT2D eigenvalue weighted by atomic mass is 16.4. The van der Waals surface area contributed by atoms with E-state index in [1.54, 1.807) is 24.3 Å². The highest BCUT2D eigenvalue weighted by Crippen LogP contribution is 2.11. The lowest BCUT2D eigenvalue weighted by Gasteiger charge is -2.16. The first-order valence-electron chi connectivity index (χ1n) is 4.96. The second-order valence-corrected chi connectivity index (χ2v) is 3.35. The molecule has 0 aliphatic rings. The number of hydrogen-bond donors (Lipinski definition) is 2. The normalized spacial score (nSPS) is 9.81. The van der Waals surface area contributed by atoms with Crippen LogP contribution in [0.4, 0.5) is 5.69 Å². The summed E-state index contributed by atoms with van der Waals surface area (Å²) >= 11 is 0. The second kappa shape index (κ2) is 5.87. The van der Waals surface area contributed by atoms with Gasteiger partial charge in [0, 0.05) is 12.8 Å². The van der Waals surface area contributed by atoms with Crippen LogP contribution in [0.3, 0.4) is 0 Å². The van der Waals surface area contributed by atoms with Crippen molar-refractivity contribution in [1.29, 1.82) is 0 Å². The molecule has 1 aromatic carbocycles. The number of rotatable bonds is 5. The van der Waals surface area contributed by atoms with Crippen molar-refractivity contribution in [2.24, 2.45) is 5.84 Å². The number of hydrazine groups is 1. The predicted molar refractivity (Wildman–Crippen MR) is 59.6 cm³/mol. The van der Waals surface area contributed by atoms with Gasteiger partial charge in [-0.15, -0.1) is 0 Å². The molecule has 3 N–H and O–H groups in total. The molecule has 0 radical (unpaired) electrons. The van der Waals surface area contributed by atoms with Gasteiger partial charge in [-0.2, -0.15) is 0 Å². The molecule has 1 rings (SSSR count). The van der Waals surface area contributed by atoms with Gasteiger partial charge in [-0.3, -0.25) is 9.59 Å². The van der Waals surface area contributed by atoms with Gasteiger partial charge < -0.3 is 5.11 Å². The average molecular weight is 222 g/mol. The van der Waals surface area contributed by atoms with Crippen LogP contribution in [0.25, 0.3) is 0 Å². The fraction of sp³-hybridized carbons (Fsp3) is 0.273. The van der Waals surface area contributed by atoms with Crippen LogP contribution < -0.4 is 10.9 Å². The van der Waals surface area contributed by atoms with E-state index in [1.165, 1.54) is 0 Å². The van der Waals surface area contributed by atoms with Crippen LogP contribution in [-0.2, 0) is 9.59 Å². The quantitative estimate of drug-likeness (QED) is 0.444. The van der Waals surface area contributed by atoms with Crippen molar-refractivity contribution < 1.29 is 14.7 Å². The maximum atomic E-state index is 11.5. The minimum absolute atomic E-state index is 0.0195. The van der Waals surface area contributed by atoms with Gasteiger partial charge in [0.25, 0.3) is 0 Å². The lowest BCUT2D eigenvalue weighted by atomic mass is 10.2. The Morgan fingerprint density at radius 3 is 2.38 bits per heavy atom. The fourth-order valence-corrected chi connectivity index (χ4v) is 1.24. The molecule has 0 bridgehead atoms. The number of carbonyl (C=O) groups is 2. The van der Waals surface area contributed by atoms with Crippen molar-refractivity contribution in [3.63, 3.8) is 0 Å². The first-order chi connectivity index (χ1) is 7.61. The average Bonchev–Trinajstić information content (AvgIpc) is 2.28. The van der Waals surface area contributed by atoms with Gasteiger partial charge in [-0.25, -0.2) is 10.9 Å². The van der Waals surface area contributed by atoms with Crippen molar-refractivity contribution in [3.05, 3.63) is 30.3 Å². The molecule has 0 heterocycles. The maximum Gasteiger partial charge on any atom is 0.303 e. The van der Waals surface area contributed by atoms with Crippen molar-refractivity contribution in [1.82, 2.24) is 0 Å². The summed E-state index contributed by atoms with van der Waals surface area (Å²) in [5.41, 5.74) is 0.600. The van der Waals surface area contributed by atoms with E-state index in [2.05, 4.69) is 0 Å². The number of carbonyl (C=O) groups excluding carboxylic acids is 1. The number of aliphatic carboxylic acids is 1. The lowest BCUT2D eigenvalue weighted by Crippen LogP contribution is -2.37. The third kappa shape index (κ3) is 3.70. The van der Waals surface area contributed by atoms with E-state index in [0.29, 0.717) is 12.1 Å². The summed E-state index contributed by atoms with van der Waals surface area (Å²) in [6.07, 6.45) is 0.417. The van der Waals surface area contributed by atoms with E-state index in [0.717, 1.165) is 5.01 Å². The Kier molecular flexibility index (Phi) is 4.47. The number of nitrogens with two attached hydrogens (primary N) is 1. The highest BCUT2D eigenvalue weighted by Gasteiger charge is 2.11. The maximum absolute atomic E-state index is 11.5. The SMILES string of the molecule is NN(C(=O)CCCC(=O)O)c1ccccc1. The monoisotopic (exact) mass is 222 g/mol. The summed E-state index contributed by atoms with van der Waals surface area (Å²) in [7, 11) is 0. The predicted octanol–water partition coefficient (Wildman–Crippen LogP) is 1.15. The molecule has 1 amide bonds. The molecular formula is C11H14N2O3. The van der Waals surface area contributed by atoms with Crippen LogP contribution in [0.2, 0.25) is 0 Å². The number of nitrogens with zero attached hydrogens (tertiary/aromatic N) is 1. The Labute approximate surface area is 93.4 Å². The van der Waals surface area contributed by atoms with Crippen molar-refractivity contribution in [2.45, 2.75) is 19.3 Å². The number of para-hydroxylation sites is 1. The van der Waals surface area contributed by atoms with Gasteiger partial charge in [0.2, 0.25) is 5.91 Å². The van der Waals surface area contributed by atoms with Crippen LogP contribution in [0.15, 0.2) is 30.3 Å². The van der Waals surface area contributed by atoms with Crippen LogP contribution in [-0.4, -0.2) is 17.0 Å². The summed E-state index contributed by atoms with van der Waals surface area (Å²) in [5, 5.41) is 9.47. The molecule has 0 aliphatic heterocycles. The lowest BCUT2D eigenvalue weighted by molar-refractivity contribution is -0.137. The Hall–Kier alpha value is -1.88. The smallest absolute Gasteiger partial charge is 0.303 e. The third-order valence-electron chi connectivity index (χ3n) is 2.08. The highest BCUT2D eigenvalue weighted by molar-refractivity contribution is 5.92. The molecule has 0 atom stereocenters. The first-order valence-corrected chi connectivity index (χ1v) is 4.96. The summed E-state index contributed by atoms with van der Waals surface area (Å²) in [6.45, 7) is 0. The van der Waals surface area contributed by atoms with Crippen molar-refractivity contribution in [3.8, 4) is 0 Å². The van der Waals surface area contributed by atoms with Gasteiger partial charge >= 0.3 is 5.97 Å². The number of anilines is 1. The van der Waals surface area contributed by atoms with E-state index in [9.17, 15) is 9.59 Å².